The molecule has 152 valence electrons. The highest BCUT2D eigenvalue weighted by atomic mass is 32.2. The van der Waals surface area contributed by atoms with Crippen LogP contribution in [0.4, 0.5) is 5.69 Å². The minimum absolute atomic E-state index is 0.318. The molecule has 0 aliphatic rings. The van der Waals surface area contributed by atoms with E-state index in [0.29, 0.717) is 23.7 Å². The molecule has 0 saturated heterocycles. The summed E-state index contributed by atoms with van der Waals surface area (Å²) in [5, 5.41) is 2.81. The summed E-state index contributed by atoms with van der Waals surface area (Å²) in [6.07, 6.45) is 1.06. The number of methoxy groups -OCH3 is 2. The fourth-order valence-electron chi connectivity index (χ4n) is 2.91. The molecule has 1 atom stereocenters. The van der Waals surface area contributed by atoms with Gasteiger partial charge in [0, 0.05) is 12.6 Å². The molecule has 0 bridgehead atoms. The van der Waals surface area contributed by atoms with Gasteiger partial charge in [0.15, 0.2) is 11.5 Å². The molecule has 0 aliphatic heterocycles. The third kappa shape index (κ3) is 4.95. The molecule has 1 amide bonds. The molecule has 0 fully saturated rings. The Morgan fingerprint density at radius 1 is 1.11 bits per heavy atom. The van der Waals surface area contributed by atoms with E-state index in [0.717, 1.165) is 21.7 Å². The van der Waals surface area contributed by atoms with E-state index in [1.54, 1.807) is 19.1 Å². The summed E-state index contributed by atoms with van der Waals surface area (Å²) in [6.45, 7) is 3.82. The number of rotatable bonds is 8. The second-order valence-corrected chi connectivity index (χ2v) is 8.28. The summed E-state index contributed by atoms with van der Waals surface area (Å²) in [4.78, 5) is 12.7. The summed E-state index contributed by atoms with van der Waals surface area (Å²) < 4.78 is 36.4. The molecule has 8 heteroatoms. The predicted octanol–water partition coefficient (Wildman–Crippen LogP) is 2.48. The number of nitrogens with zero attached hydrogens (tertiary/aromatic N) is 1. The quantitative estimate of drug-likeness (QED) is 0.728. The standard InChI is InChI=1S/C20H26N2O5S/c1-14-8-6-7-9-16(14)13-21-20(23)15(2)22(28(5,24)25)17-10-11-18(26-3)19(12-17)27-4/h6-12,15H,13H2,1-5H3,(H,21,23)/t15-/m0/s1. The molecule has 0 unspecified atom stereocenters. The van der Waals surface area contributed by atoms with Crippen LogP contribution >= 0.6 is 0 Å². The normalized spacial score (nSPS) is 12.2. The molecule has 2 rings (SSSR count). The Hall–Kier alpha value is -2.74. The number of ether oxygens (including phenoxy) is 2. The Labute approximate surface area is 166 Å². The smallest absolute Gasteiger partial charge is 0.243 e. The number of carbonyl (C=O) groups is 1. The SMILES string of the molecule is COc1ccc(N([C@@H](C)C(=O)NCc2ccccc2C)S(C)(=O)=O)cc1OC. The zero-order valence-corrected chi connectivity index (χ0v) is 17.5. The van der Waals surface area contributed by atoms with Crippen molar-refractivity contribution < 1.29 is 22.7 Å². The van der Waals surface area contributed by atoms with E-state index in [1.165, 1.54) is 20.3 Å². The zero-order valence-electron chi connectivity index (χ0n) is 16.7. The molecule has 28 heavy (non-hydrogen) atoms. The number of sulfonamides is 1. The summed E-state index contributed by atoms with van der Waals surface area (Å²) in [5.41, 5.74) is 2.34. The van der Waals surface area contributed by atoms with Crippen LogP contribution in [0, 0.1) is 6.92 Å². The van der Waals surface area contributed by atoms with Crippen molar-refractivity contribution in [2.75, 3.05) is 24.8 Å². The first-order valence-electron chi connectivity index (χ1n) is 8.72. The lowest BCUT2D eigenvalue weighted by atomic mass is 10.1. The van der Waals surface area contributed by atoms with Gasteiger partial charge in [0.25, 0.3) is 0 Å². The van der Waals surface area contributed by atoms with E-state index >= 15 is 0 Å². The first kappa shape index (κ1) is 21.6. The number of hydrogen-bond acceptors (Lipinski definition) is 5. The number of aryl methyl sites for hydroxylation is 1. The Morgan fingerprint density at radius 3 is 2.32 bits per heavy atom. The van der Waals surface area contributed by atoms with Crippen LogP contribution in [0.3, 0.4) is 0 Å². The molecular formula is C20H26N2O5S. The molecular weight excluding hydrogens is 380 g/mol. The first-order valence-corrected chi connectivity index (χ1v) is 10.6. The van der Waals surface area contributed by atoms with Gasteiger partial charge in [0.2, 0.25) is 15.9 Å². The van der Waals surface area contributed by atoms with Crippen LogP contribution in [-0.2, 0) is 21.4 Å². The fraction of sp³-hybridized carbons (Fsp3) is 0.350. The van der Waals surface area contributed by atoms with Crippen LogP contribution < -0.4 is 19.1 Å². The Bertz CT molecular complexity index is 943. The number of nitrogens with one attached hydrogen (secondary N) is 1. The van der Waals surface area contributed by atoms with Crippen molar-refractivity contribution in [1.29, 1.82) is 0 Å². The lowest BCUT2D eigenvalue weighted by Gasteiger charge is -2.28. The van der Waals surface area contributed by atoms with Gasteiger partial charge in [-0.15, -0.1) is 0 Å². The number of amides is 1. The highest BCUT2D eigenvalue weighted by Gasteiger charge is 2.29. The molecule has 2 aromatic carbocycles. The minimum Gasteiger partial charge on any atom is -0.493 e. The van der Waals surface area contributed by atoms with Gasteiger partial charge in [0.1, 0.15) is 6.04 Å². The monoisotopic (exact) mass is 406 g/mol. The Balaban J connectivity index is 2.28. The largest absolute Gasteiger partial charge is 0.493 e. The number of hydrogen-bond donors (Lipinski definition) is 1. The van der Waals surface area contributed by atoms with E-state index in [-0.39, 0.29) is 0 Å². The maximum absolute atomic E-state index is 12.7. The Morgan fingerprint density at radius 2 is 1.75 bits per heavy atom. The van der Waals surface area contributed by atoms with Crippen molar-refractivity contribution in [3.8, 4) is 11.5 Å². The van der Waals surface area contributed by atoms with Crippen LogP contribution in [0.5, 0.6) is 11.5 Å². The van der Waals surface area contributed by atoms with Crippen molar-refractivity contribution in [2.24, 2.45) is 0 Å². The zero-order chi connectivity index (χ0) is 20.9. The predicted molar refractivity (Wildman–Crippen MR) is 109 cm³/mol. The van der Waals surface area contributed by atoms with Crippen LogP contribution in [-0.4, -0.2) is 40.8 Å². The lowest BCUT2D eigenvalue weighted by molar-refractivity contribution is -0.122. The van der Waals surface area contributed by atoms with Gasteiger partial charge in [-0.3, -0.25) is 9.10 Å². The van der Waals surface area contributed by atoms with E-state index in [4.69, 9.17) is 9.47 Å². The van der Waals surface area contributed by atoms with E-state index < -0.39 is 22.0 Å². The van der Waals surface area contributed by atoms with Gasteiger partial charge in [-0.2, -0.15) is 0 Å². The van der Waals surface area contributed by atoms with Gasteiger partial charge >= 0.3 is 0 Å². The maximum Gasteiger partial charge on any atom is 0.243 e. The molecule has 1 N–H and O–H groups in total. The average molecular weight is 407 g/mol. The highest BCUT2D eigenvalue weighted by molar-refractivity contribution is 7.92. The summed E-state index contributed by atoms with van der Waals surface area (Å²) >= 11 is 0. The van der Waals surface area contributed by atoms with Crippen molar-refractivity contribution in [2.45, 2.75) is 26.4 Å². The molecule has 0 spiro atoms. The molecule has 2 aromatic rings. The van der Waals surface area contributed by atoms with Gasteiger partial charge in [-0.05, 0) is 37.1 Å². The van der Waals surface area contributed by atoms with E-state index in [9.17, 15) is 13.2 Å². The molecule has 0 radical (unpaired) electrons. The topological polar surface area (TPSA) is 84.9 Å². The van der Waals surface area contributed by atoms with Gasteiger partial charge < -0.3 is 14.8 Å². The summed E-state index contributed by atoms with van der Waals surface area (Å²) in [7, 11) is -0.765. The van der Waals surface area contributed by atoms with Crippen molar-refractivity contribution >= 4 is 21.6 Å². The third-order valence-corrected chi connectivity index (χ3v) is 5.67. The Kier molecular flexibility index (Phi) is 6.90. The summed E-state index contributed by atoms with van der Waals surface area (Å²) in [5.74, 6) is 0.445. The number of carbonyl (C=O) groups excluding carboxylic acids is 1. The van der Waals surface area contributed by atoms with E-state index in [1.807, 2.05) is 31.2 Å². The average Bonchev–Trinajstić information content (AvgIpc) is 2.65. The molecule has 0 aliphatic carbocycles. The number of benzene rings is 2. The van der Waals surface area contributed by atoms with Gasteiger partial charge in [-0.1, -0.05) is 24.3 Å². The molecule has 7 nitrogen and oxygen atoms in total. The van der Waals surface area contributed by atoms with Crippen LogP contribution in [0.2, 0.25) is 0 Å². The lowest BCUT2D eigenvalue weighted by Crippen LogP contribution is -2.47. The van der Waals surface area contributed by atoms with Gasteiger partial charge in [0.05, 0.1) is 26.2 Å². The van der Waals surface area contributed by atoms with Gasteiger partial charge in [-0.25, -0.2) is 8.42 Å². The fourth-order valence-corrected chi connectivity index (χ4v) is 4.08. The van der Waals surface area contributed by atoms with Crippen molar-refractivity contribution in [1.82, 2.24) is 5.32 Å². The first-order chi connectivity index (χ1) is 13.2. The molecule has 0 aromatic heterocycles. The van der Waals surface area contributed by atoms with Crippen LogP contribution in [0.25, 0.3) is 0 Å². The van der Waals surface area contributed by atoms with Crippen LogP contribution in [0.15, 0.2) is 42.5 Å². The minimum atomic E-state index is -3.72. The molecule has 0 saturated carbocycles. The highest BCUT2D eigenvalue weighted by Crippen LogP contribution is 2.33. The second-order valence-electron chi connectivity index (χ2n) is 6.42. The van der Waals surface area contributed by atoms with E-state index in [2.05, 4.69) is 5.32 Å². The third-order valence-electron chi connectivity index (χ3n) is 4.42. The number of anilines is 1. The molecule has 0 heterocycles. The maximum atomic E-state index is 12.7. The van der Waals surface area contributed by atoms with Crippen LogP contribution in [0.1, 0.15) is 18.1 Å². The summed E-state index contributed by atoms with van der Waals surface area (Å²) in [6, 6.07) is 11.5. The second kappa shape index (κ2) is 8.97. The van der Waals surface area contributed by atoms with Crippen molar-refractivity contribution in [3.05, 3.63) is 53.6 Å². The van der Waals surface area contributed by atoms with Crippen molar-refractivity contribution in [3.63, 3.8) is 0 Å².